The summed E-state index contributed by atoms with van der Waals surface area (Å²) >= 11 is 0. The molecule has 2 N–H and O–H groups in total. The van der Waals surface area contributed by atoms with Crippen LogP contribution in [0, 0.1) is 0 Å². The zero-order chi connectivity index (χ0) is 53.6. The lowest BCUT2D eigenvalue weighted by molar-refractivity contribution is -0.139. The van der Waals surface area contributed by atoms with Crippen LogP contribution in [0.5, 0.6) is 11.5 Å². The van der Waals surface area contributed by atoms with Crippen molar-refractivity contribution < 1.29 is 66.7 Å². The third-order valence-electron chi connectivity index (χ3n) is 11.8. The molecule has 8 aromatic rings. The SMILES string of the molecule is C=C(C)C(=O)OCCNC(=O)OC(COC(=O)c1ccc2cc3ccccc3cc2c1)COc1ccc2c(OCC(COC(=O)c3ccc4cc5ccccc5cc4c3)OC(=O)NCCOC(=O)C(=C)C)cccc2c1. The first kappa shape index (κ1) is 52.9. The number of carbonyl (C=O) groups is 6. The van der Waals surface area contributed by atoms with Crippen LogP contribution in [0.1, 0.15) is 34.6 Å². The van der Waals surface area contributed by atoms with Crippen molar-refractivity contribution in [3.8, 4) is 11.5 Å². The van der Waals surface area contributed by atoms with Gasteiger partial charge in [0.05, 0.1) is 24.2 Å². The average molecular weight is 1030 g/mol. The summed E-state index contributed by atoms with van der Waals surface area (Å²) < 4.78 is 45.1. The van der Waals surface area contributed by atoms with Crippen LogP contribution >= 0.6 is 0 Å². The van der Waals surface area contributed by atoms with Gasteiger partial charge in [-0.3, -0.25) is 0 Å². The summed E-state index contributed by atoms with van der Waals surface area (Å²) in [6.07, 6.45) is -3.92. The molecule has 0 saturated carbocycles. The first-order valence-electron chi connectivity index (χ1n) is 24.3. The highest BCUT2D eigenvalue weighted by atomic mass is 16.6. The minimum absolute atomic E-state index is 0.0601. The van der Waals surface area contributed by atoms with Crippen LogP contribution in [-0.2, 0) is 38.0 Å². The van der Waals surface area contributed by atoms with Crippen molar-refractivity contribution in [3.63, 3.8) is 0 Å². The van der Waals surface area contributed by atoms with Crippen LogP contribution < -0.4 is 20.1 Å². The number of nitrogens with one attached hydrogen (secondary N) is 2. The van der Waals surface area contributed by atoms with Crippen LogP contribution in [0.15, 0.2) is 170 Å². The maximum absolute atomic E-state index is 13.4. The zero-order valence-corrected chi connectivity index (χ0v) is 41.8. The van der Waals surface area contributed by atoms with Crippen LogP contribution in [0.4, 0.5) is 9.59 Å². The van der Waals surface area contributed by atoms with E-state index in [1.807, 2.05) is 91.0 Å². The lowest BCUT2D eigenvalue weighted by Gasteiger charge is -2.20. The van der Waals surface area contributed by atoms with Gasteiger partial charge in [0.1, 0.15) is 51.1 Å². The molecule has 0 bridgehead atoms. The van der Waals surface area contributed by atoms with Gasteiger partial charge in [0, 0.05) is 16.5 Å². The van der Waals surface area contributed by atoms with Crippen molar-refractivity contribution in [2.75, 3.05) is 52.7 Å². The molecular weight excluding hydrogens is 973 g/mol. The molecule has 2 atom stereocenters. The molecule has 0 saturated heterocycles. The van der Waals surface area contributed by atoms with Crippen LogP contribution in [0.3, 0.4) is 0 Å². The molecule has 76 heavy (non-hydrogen) atoms. The van der Waals surface area contributed by atoms with Crippen LogP contribution in [0.25, 0.3) is 53.9 Å². The van der Waals surface area contributed by atoms with Crippen molar-refractivity contribution >= 4 is 89.9 Å². The molecule has 0 aliphatic heterocycles. The van der Waals surface area contributed by atoms with Gasteiger partial charge in [-0.1, -0.05) is 86.0 Å². The number of hydrogen-bond donors (Lipinski definition) is 2. The Labute approximate surface area is 437 Å². The average Bonchev–Trinajstić information content (AvgIpc) is 3.44. The van der Waals surface area contributed by atoms with Gasteiger partial charge in [0.25, 0.3) is 0 Å². The summed E-state index contributed by atoms with van der Waals surface area (Å²) in [6, 6.07) is 44.9. The second-order valence-electron chi connectivity index (χ2n) is 17.7. The minimum Gasteiger partial charge on any atom is -0.490 e. The lowest BCUT2D eigenvalue weighted by atomic mass is 10.0. The maximum atomic E-state index is 13.4. The largest absolute Gasteiger partial charge is 0.490 e. The van der Waals surface area contributed by atoms with Crippen LogP contribution in [-0.4, -0.2) is 101 Å². The maximum Gasteiger partial charge on any atom is 0.407 e. The summed E-state index contributed by atoms with van der Waals surface area (Å²) in [5.41, 5.74) is 1.02. The predicted molar refractivity (Wildman–Crippen MR) is 287 cm³/mol. The van der Waals surface area contributed by atoms with Gasteiger partial charge in [0.2, 0.25) is 0 Å². The van der Waals surface area contributed by atoms with Crippen molar-refractivity contribution in [2.24, 2.45) is 0 Å². The normalized spacial score (nSPS) is 11.8. The van der Waals surface area contributed by atoms with Crippen molar-refractivity contribution in [2.45, 2.75) is 26.1 Å². The van der Waals surface area contributed by atoms with Gasteiger partial charge in [0.15, 0.2) is 12.2 Å². The standard InChI is InChI=1S/C60H54N2O14/c1-37(2)55(63)69-24-22-61-59(67)75-51(35-73-57(65)46-18-16-43-26-39-10-5-7-12-41(39)28-48(43)30-46)33-71-50-20-21-53-45(32-50)14-9-15-54(53)72-34-52(76-60(68)62-23-25-70-56(64)38(3)4)36-74-58(66)47-19-17-44-27-40-11-6-8-13-42(40)29-49(44)31-47/h5-21,26-32,51-52H,1,3,22-25,33-36H2,2,4H3,(H,61,67)(H,62,68). The summed E-state index contributed by atoms with van der Waals surface area (Å²) in [6.45, 7) is 8.50. The van der Waals surface area contributed by atoms with E-state index in [1.54, 1.807) is 54.6 Å². The molecule has 0 aliphatic rings. The summed E-state index contributed by atoms with van der Waals surface area (Å²) in [7, 11) is 0. The van der Waals surface area contributed by atoms with Crippen molar-refractivity contribution in [3.05, 3.63) is 181 Å². The monoisotopic (exact) mass is 1030 g/mol. The molecule has 8 rings (SSSR count). The molecule has 8 aromatic carbocycles. The van der Waals surface area contributed by atoms with Gasteiger partial charge < -0.3 is 48.5 Å². The Morgan fingerprint density at radius 3 is 1.34 bits per heavy atom. The van der Waals surface area contributed by atoms with Gasteiger partial charge in [-0.2, -0.15) is 0 Å². The Morgan fingerprint density at radius 1 is 0.434 bits per heavy atom. The lowest BCUT2D eigenvalue weighted by Crippen LogP contribution is -2.37. The molecule has 2 unspecified atom stereocenters. The fraction of sp³-hybridized carbons (Fsp3) is 0.200. The smallest absolute Gasteiger partial charge is 0.407 e. The zero-order valence-electron chi connectivity index (χ0n) is 41.8. The van der Waals surface area contributed by atoms with Crippen molar-refractivity contribution in [1.82, 2.24) is 10.6 Å². The quantitative estimate of drug-likeness (QED) is 0.0214. The molecule has 0 aromatic heterocycles. The second-order valence-corrected chi connectivity index (χ2v) is 17.7. The highest BCUT2D eigenvalue weighted by molar-refractivity contribution is 6.03. The van der Waals surface area contributed by atoms with Gasteiger partial charge in [-0.15, -0.1) is 0 Å². The number of rotatable bonds is 22. The van der Waals surface area contributed by atoms with E-state index in [0.29, 0.717) is 33.4 Å². The number of ether oxygens (including phenoxy) is 8. The highest BCUT2D eigenvalue weighted by Gasteiger charge is 2.22. The number of alkyl carbamates (subject to hydrolysis) is 2. The molecular formula is C60H54N2O14. The molecule has 16 nitrogen and oxygen atoms in total. The Morgan fingerprint density at radius 2 is 0.868 bits per heavy atom. The molecule has 2 amide bonds. The molecule has 0 aliphatic carbocycles. The second kappa shape index (κ2) is 25.0. The molecule has 388 valence electrons. The Balaban J connectivity index is 0.923. The Kier molecular flexibility index (Phi) is 17.4. The minimum atomic E-state index is -1.10. The fourth-order valence-electron chi connectivity index (χ4n) is 7.92. The highest BCUT2D eigenvalue weighted by Crippen LogP contribution is 2.30. The van der Waals surface area contributed by atoms with E-state index < -0.39 is 48.3 Å². The number of amides is 2. The van der Waals surface area contributed by atoms with Crippen molar-refractivity contribution in [1.29, 1.82) is 0 Å². The van der Waals surface area contributed by atoms with E-state index in [1.165, 1.54) is 13.8 Å². The Bertz CT molecular complexity index is 3520. The van der Waals surface area contributed by atoms with Gasteiger partial charge in [-0.05, 0) is 135 Å². The van der Waals surface area contributed by atoms with E-state index in [2.05, 4.69) is 23.8 Å². The molecule has 0 radical (unpaired) electrons. The number of fused-ring (bicyclic) bond motifs is 5. The third kappa shape index (κ3) is 14.2. The van der Waals surface area contributed by atoms with Crippen LogP contribution in [0.2, 0.25) is 0 Å². The van der Waals surface area contributed by atoms with Gasteiger partial charge in [-0.25, -0.2) is 28.8 Å². The number of esters is 4. The Hall–Kier alpha value is -9.44. The van der Waals surface area contributed by atoms with E-state index >= 15 is 0 Å². The molecule has 0 spiro atoms. The predicted octanol–water partition coefficient (Wildman–Crippen LogP) is 10.4. The summed E-state index contributed by atoms with van der Waals surface area (Å²) in [5, 5.41) is 14.1. The van der Waals surface area contributed by atoms with E-state index in [9.17, 15) is 28.8 Å². The first-order chi connectivity index (χ1) is 36.8. The molecule has 0 fully saturated rings. The fourth-order valence-corrected chi connectivity index (χ4v) is 7.92. The summed E-state index contributed by atoms with van der Waals surface area (Å²) in [4.78, 5) is 76.4. The first-order valence-corrected chi connectivity index (χ1v) is 24.3. The third-order valence-corrected chi connectivity index (χ3v) is 11.8. The molecule has 16 heteroatoms. The number of benzene rings is 8. The molecule has 0 heterocycles. The van der Waals surface area contributed by atoms with E-state index in [4.69, 9.17) is 37.9 Å². The summed E-state index contributed by atoms with van der Waals surface area (Å²) in [5.74, 6) is -1.71. The number of carbonyl (C=O) groups excluding carboxylic acids is 6. The number of hydrogen-bond acceptors (Lipinski definition) is 14. The van der Waals surface area contributed by atoms with E-state index in [0.717, 1.165) is 43.1 Å². The van der Waals surface area contributed by atoms with Gasteiger partial charge >= 0.3 is 36.1 Å². The topological polar surface area (TPSA) is 200 Å². The van der Waals surface area contributed by atoms with E-state index in [-0.39, 0.29) is 63.9 Å².